The van der Waals surface area contributed by atoms with Crippen LogP contribution in [-0.2, 0) is 6.42 Å². The van der Waals surface area contributed by atoms with Gasteiger partial charge in [0.1, 0.15) is 29.7 Å². The molecule has 1 aliphatic carbocycles. The predicted octanol–water partition coefficient (Wildman–Crippen LogP) is 2.76. The van der Waals surface area contributed by atoms with Crippen molar-refractivity contribution in [1.29, 1.82) is 0 Å². The number of aryl methyl sites for hydroxylation is 2. The minimum atomic E-state index is -0.896. The fourth-order valence-electron chi connectivity index (χ4n) is 5.03. The van der Waals surface area contributed by atoms with E-state index < -0.39 is 17.6 Å². The summed E-state index contributed by atoms with van der Waals surface area (Å²) in [6.45, 7) is 3.99. The number of pyridine rings is 1. The lowest BCUT2D eigenvalue weighted by atomic mass is 9.80. The largest absolute Gasteiger partial charge is 0.390 e. The number of fused-ring (bicyclic) bond motifs is 2. The number of rotatable bonds is 4. The van der Waals surface area contributed by atoms with Crippen molar-refractivity contribution in [2.75, 3.05) is 11.5 Å². The zero-order chi connectivity index (χ0) is 22.6. The van der Waals surface area contributed by atoms with Crippen molar-refractivity contribution in [3.63, 3.8) is 0 Å². The second-order valence-electron chi connectivity index (χ2n) is 9.30. The fraction of sp³-hybridized carbons (Fsp3) is 0.375. The van der Waals surface area contributed by atoms with Gasteiger partial charge < -0.3 is 26.2 Å². The number of aliphatic hydroxyl groups excluding tert-OH is 2. The van der Waals surface area contributed by atoms with Crippen molar-refractivity contribution < 1.29 is 10.2 Å². The molecule has 1 fully saturated rings. The molecule has 3 heterocycles. The standard InChI is InChI=1S/C24H28N6O2/c1-13-9-15-4-3-14(10-17(15)29-21(13)25)5-7-24(2)11-18(19(31)20(24)32)30-8-6-16-22(26)27-12-28-23(16)30/h3-4,6,8-10,12,18-20,31-32H,5,7,11H2,1-2H3,(H2,25,29)(H2,26,27,28)/t18-,19+,20+,24?/m1/s1. The Morgan fingerprint density at radius 3 is 2.75 bits per heavy atom. The lowest BCUT2D eigenvalue weighted by molar-refractivity contribution is -0.0241. The number of hydrogen-bond acceptors (Lipinski definition) is 7. The Balaban J connectivity index is 1.38. The predicted molar refractivity (Wildman–Crippen MR) is 125 cm³/mol. The molecule has 0 amide bonds. The molecular weight excluding hydrogens is 404 g/mol. The van der Waals surface area contributed by atoms with E-state index in [9.17, 15) is 10.2 Å². The summed E-state index contributed by atoms with van der Waals surface area (Å²) in [7, 11) is 0. The summed E-state index contributed by atoms with van der Waals surface area (Å²) in [4.78, 5) is 12.9. The summed E-state index contributed by atoms with van der Waals surface area (Å²) < 4.78 is 1.91. The maximum absolute atomic E-state index is 11.0. The van der Waals surface area contributed by atoms with E-state index >= 15 is 0 Å². The van der Waals surface area contributed by atoms with Crippen molar-refractivity contribution in [2.45, 2.75) is 51.4 Å². The van der Waals surface area contributed by atoms with Gasteiger partial charge in [-0.05, 0) is 60.9 Å². The molecule has 5 rings (SSSR count). The van der Waals surface area contributed by atoms with Gasteiger partial charge in [-0.3, -0.25) is 0 Å². The molecule has 166 valence electrons. The molecule has 3 aromatic heterocycles. The first-order valence-corrected chi connectivity index (χ1v) is 10.9. The molecule has 1 aromatic carbocycles. The zero-order valence-corrected chi connectivity index (χ0v) is 18.2. The third-order valence-corrected chi connectivity index (χ3v) is 7.10. The van der Waals surface area contributed by atoms with Gasteiger partial charge in [-0.1, -0.05) is 19.1 Å². The summed E-state index contributed by atoms with van der Waals surface area (Å²) in [6.07, 6.45) is 3.66. The minimum Gasteiger partial charge on any atom is -0.390 e. The summed E-state index contributed by atoms with van der Waals surface area (Å²) in [5.41, 5.74) is 15.1. The molecule has 0 spiro atoms. The monoisotopic (exact) mass is 432 g/mol. The first-order valence-electron chi connectivity index (χ1n) is 10.9. The number of aliphatic hydroxyl groups is 2. The number of nitrogen functional groups attached to an aromatic ring is 2. The normalized spacial score (nSPS) is 25.7. The lowest BCUT2D eigenvalue weighted by Crippen LogP contribution is -2.35. The molecule has 1 unspecified atom stereocenters. The number of aromatic nitrogens is 4. The third-order valence-electron chi connectivity index (χ3n) is 7.10. The van der Waals surface area contributed by atoms with Gasteiger partial charge in [0.25, 0.3) is 0 Å². The second kappa shape index (κ2) is 7.43. The Morgan fingerprint density at radius 1 is 1.12 bits per heavy atom. The van der Waals surface area contributed by atoms with Crippen LogP contribution in [0.15, 0.2) is 42.9 Å². The SMILES string of the molecule is Cc1cc2ccc(CCC3(C)C[C@@H](n4ccc5c(N)ncnc54)[C@H](O)[C@@H]3O)cc2nc1N. The van der Waals surface area contributed by atoms with Crippen LogP contribution in [0, 0.1) is 12.3 Å². The topological polar surface area (TPSA) is 136 Å². The number of hydrogen-bond donors (Lipinski definition) is 4. The first kappa shape index (κ1) is 20.7. The van der Waals surface area contributed by atoms with E-state index in [-0.39, 0.29) is 6.04 Å². The fourth-order valence-corrected chi connectivity index (χ4v) is 5.03. The van der Waals surface area contributed by atoms with Gasteiger partial charge in [-0.2, -0.15) is 0 Å². The molecular formula is C24H28N6O2. The molecule has 0 aliphatic heterocycles. The van der Waals surface area contributed by atoms with E-state index in [4.69, 9.17) is 11.5 Å². The van der Waals surface area contributed by atoms with Gasteiger partial charge in [-0.15, -0.1) is 0 Å². The van der Waals surface area contributed by atoms with Crippen LogP contribution >= 0.6 is 0 Å². The van der Waals surface area contributed by atoms with Gasteiger partial charge >= 0.3 is 0 Å². The van der Waals surface area contributed by atoms with Crippen LogP contribution in [0.1, 0.15) is 36.9 Å². The number of benzene rings is 1. The quantitative estimate of drug-likeness (QED) is 0.389. The highest BCUT2D eigenvalue weighted by atomic mass is 16.3. The molecule has 8 heteroatoms. The molecule has 0 radical (unpaired) electrons. The van der Waals surface area contributed by atoms with Gasteiger partial charge in [0, 0.05) is 11.6 Å². The Kier molecular flexibility index (Phi) is 4.79. The van der Waals surface area contributed by atoms with Crippen molar-refractivity contribution in [3.8, 4) is 0 Å². The van der Waals surface area contributed by atoms with E-state index in [1.165, 1.54) is 6.33 Å². The molecule has 0 bridgehead atoms. The maximum Gasteiger partial charge on any atom is 0.145 e. The smallest absolute Gasteiger partial charge is 0.145 e. The van der Waals surface area contributed by atoms with Crippen LogP contribution in [0.2, 0.25) is 0 Å². The highest BCUT2D eigenvalue weighted by Gasteiger charge is 2.50. The van der Waals surface area contributed by atoms with Crippen LogP contribution in [0.5, 0.6) is 0 Å². The molecule has 0 saturated heterocycles. The Bertz CT molecular complexity index is 1320. The van der Waals surface area contributed by atoms with E-state index in [0.29, 0.717) is 23.7 Å². The highest BCUT2D eigenvalue weighted by Crippen LogP contribution is 2.48. The van der Waals surface area contributed by atoms with Crippen LogP contribution in [0.3, 0.4) is 0 Å². The summed E-state index contributed by atoms with van der Waals surface area (Å²) >= 11 is 0. The molecule has 6 N–H and O–H groups in total. The molecule has 4 atom stereocenters. The Labute approximate surface area is 185 Å². The van der Waals surface area contributed by atoms with E-state index in [1.54, 1.807) is 0 Å². The van der Waals surface area contributed by atoms with E-state index in [0.717, 1.165) is 40.3 Å². The van der Waals surface area contributed by atoms with Crippen molar-refractivity contribution in [3.05, 3.63) is 54.0 Å². The Morgan fingerprint density at radius 2 is 1.94 bits per heavy atom. The molecule has 8 nitrogen and oxygen atoms in total. The summed E-state index contributed by atoms with van der Waals surface area (Å²) in [6, 6.07) is 9.82. The lowest BCUT2D eigenvalue weighted by Gasteiger charge is -2.28. The summed E-state index contributed by atoms with van der Waals surface area (Å²) in [5.74, 6) is 0.951. The van der Waals surface area contributed by atoms with Gasteiger partial charge in [0.15, 0.2) is 0 Å². The van der Waals surface area contributed by atoms with Crippen molar-refractivity contribution in [1.82, 2.24) is 19.5 Å². The summed E-state index contributed by atoms with van der Waals surface area (Å²) in [5, 5.41) is 23.7. The van der Waals surface area contributed by atoms with Crippen LogP contribution in [0.25, 0.3) is 21.9 Å². The highest BCUT2D eigenvalue weighted by molar-refractivity contribution is 5.86. The van der Waals surface area contributed by atoms with E-state index in [1.807, 2.05) is 36.7 Å². The first-order chi connectivity index (χ1) is 15.3. The molecule has 1 saturated carbocycles. The third kappa shape index (κ3) is 3.27. The van der Waals surface area contributed by atoms with Gasteiger partial charge in [0.05, 0.1) is 23.0 Å². The van der Waals surface area contributed by atoms with E-state index in [2.05, 4.69) is 33.2 Å². The van der Waals surface area contributed by atoms with Crippen LogP contribution in [-0.4, -0.2) is 41.9 Å². The van der Waals surface area contributed by atoms with Crippen LogP contribution in [0.4, 0.5) is 11.6 Å². The minimum absolute atomic E-state index is 0.289. The second-order valence-corrected chi connectivity index (χ2v) is 9.30. The van der Waals surface area contributed by atoms with Gasteiger partial charge in [0.2, 0.25) is 0 Å². The molecule has 4 aromatic rings. The zero-order valence-electron chi connectivity index (χ0n) is 18.2. The molecule has 1 aliphatic rings. The average molecular weight is 433 g/mol. The van der Waals surface area contributed by atoms with Crippen LogP contribution < -0.4 is 11.5 Å². The number of nitrogens with zero attached hydrogens (tertiary/aromatic N) is 4. The number of anilines is 2. The molecule has 32 heavy (non-hydrogen) atoms. The van der Waals surface area contributed by atoms with Gasteiger partial charge in [-0.25, -0.2) is 15.0 Å². The van der Waals surface area contributed by atoms with Crippen molar-refractivity contribution in [2.24, 2.45) is 5.41 Å². The van der Waals surface area contributed by atoms with Crippen molar-refractivity contribution >= 4 is 33.6 Å². The average Bonchev–Trinajstić information content (AvgIpc) is 3.29. The number of nitrogens with two attached hydrogens (primary N) is 2. The maximum atomic E-state index is 11.0. The Hall–Kier alpha value is -3.23.